The van der Waals surface area contributed by atoms with Crippen LogP contribution in [0.1, 0.15) is 32.3 Å². The van der Waals surface area contributed by atoms with Gasteiger partial charge in [0, 0.05) is 37.0 Å². The van der Waals surface area contributed by atoms with Crippen LogP contribution in [0.4, 0.5) is 29.2 Å². The van der Waals surface area contributed by atoms with E-state index < -0.39 is 38.9 Å². The summed E-state index contributed by atoms with van der Waals surface area (Å²) in [6.45, 7) is 4.55. The van der Waals surface area contributed by atoms with Gasteiger partial charge in [0.25, 0.3) is 0 Å². The molecule has 16 heteroatoms. The Hall–Kier alpha value is -3.18. The van der Waals surface area contributed by atoms with E-state index in [0.29, 0.717) is 32.3 Å². The summed E-state index contributed by atoms with van der Waals surface area (Å²) in [7, 11) is -4.00. The first kappa shape index (κ1) is 30.3. The molecule has 4 heterocycles. The maximum absolute atomic E-state index is 15.1. The number of nitrogens with zero attached hydrogens (tertiary/aromatic N) is 5. The summed E-state index contributed by atoms with van der Waals surface area (Å²) in [6.07, 6.45) is -1.01. The molecule has 5 rings (SSSR count). The fourth-order valence-electron chi connectivity index (χ4n) is 4.90. The Bertz CT molecular complexity index is 1530. The summed E-state index contributed by atoms with van der Waals surface area (Å²) in [5, 5.41) is 16.5. The third kappa shape index (κ3) is 6.72. The lowest BCUT2D eigenvalue weighted by molar-refractivity contribution is -0.137. The number of aliphatic hydroxyl groups is 1. The molecule has 0 saturated carbocycles. The first-order valence-corrected chi connectivity index (χ1v) is 14.6. The van der Waals surface area contributed by atoms with Crippen LogP contribution in [0.5, 0.6) is 0 Å². The first-order chi connectivity index (χ1) is 19.7. The molecule has 2 aromatic heterocycles. The van der Waals surface area contributed by atoms with Gasteiger partial charge in [0.1, 0.15) is 11.4 Å². The third-order valence-electron chi connectivity index (χ3n) is 6.91. The highest BCUT2D eigenvalue weighted by Gasteiger charge is 2.37. The zero-order valence-electron chi connectivity index (χ0n) is 22.8. The van der Waals surface area contributed by atoms with Gasteiger partial charge in [-0.2, -0.15) is 22.6 Å². The monoisotopic (exact) mass is 614 g/mol. The van der Waals surface area contributed by atoms with E-state index >= 15 is 4.39 Å². The molecule has 3 aromatic rings. The number of nitrogens with one attached hydrogen (secondary N) is 1. The lowest BCUT2D eigenvalue weighted by atomic mass is 9.98. The Balaban J connectivity index is 1.34. The molecule has 228 valence electrons. The smallest absolute Gasteiger partial charge is 0.389 e. The van der Waals surface area contributed by atoms with Crippen molar-refractivity contribution in [2.45, 2.75) is 56.2 Å². The number of halogens is 4. The normalized spacial score (nSPS) is 18.1. The quantitative estimate of drug-likeness (QED) is 0.364. The van der Waals surface area contributed by atoms with E-state index in [2.05, 4.69) is 20.4 Å². The van der Waals surface area contributed by atoms with Gasteiger partial charge in [-0.1, -0.05) is 0 Å². The number of alkyl halides is 3. The van der Waals surface area contributed by atoms with Crippen molar-refractivity contribution in [1.29, 1.82) is 0 Å². The molecule has 2 aliphatic rings. The molecule has 0 radical (unpaired) electrons. The van der Waals surface area contributed by atoms with Crippen LogP contribution < -0.4 is 5.32 Å². The number of sulfonamides is 1. The Morgan fingerprint density at radius 2 is 1.81 bits per heavy atom. The van der Waals surface area contributed by atoms with Crippen molar-refractivity contribution in [3.8, 4) is 11.3 Å². The van der Waals surface area contributed by atoms with Crippen molar-refractivity contribution in [1.82, 2.24) is 24.1 Å². The molecule has 0 amide bonds. The molecular weight excluding hydrogens is 584 g/mol. The Kier molecular flexibility index (Phi) is 8.28. The van der Waals surface area contributed by atoms with Gasteiger partial charge in [0.15, 0.2) is 6.29 Å². The number of rotatable bonds is 8. The van der Waals surface area contributed by atoms with Crippen molar-refractivity contribution < 1.29 is 40.6 Å². The molecule has 0 unspecified atom stereocenters. The fraction of sp³-hybridized carbons (Fsp3) is 0.500. The highest BCUT2D eigenvalue weighted by molar-refractivity contribution is 7.89. The first-order valence-electron chi connectivity index (χ1n) is 13.2. The van der Waals surface area contributed by atoms with E-state index in [1.807, 2.05) is 0 Å². The van der Waals surface area contributed by atoms with Crippen LogP contribution in [-0.4, -0.2) is 75.8 Å². The molecule has 2 aliphatic heterocycles. The summed E-state index contributed by atoms with van der Waals surface area (Å²) >= 11 is 0. The van der Waals surface area contributed by atoms with Gasteiger partial charge < -0.3 is 19.9 Å². The van der Waals surface area contributed by atoms with Crippen LogP contribution in [0.25, 0.3) is 11.3 Å². The van der Waals surface area contributed by atoms with Gasteiger partial charge in [-0.25, -0.2) is 22.8 Å². The van der Waals surface area contributed by atoms with Gasteiger partial charge >= 0.3 is 6.18 Å². The predicted octanol–water partition coefficient (Wildman–Crippen LogP) is 3.79. The topological polar surface area (TPSA) is 132 Å². The lowest BCUT2D eigenvalue weighted by Gasteiger charge is -2.33. The van der Waals surface area contributed by atoms with Crippen LogP contribution >= 0.6 is 0 Å². The van der Waals surface area contributed by atoms with Gasteiger partial charge in [0.2, 0.25) is 16.0 Å². The highest BCUT2D eigenvalue weighted by Crippen LogP contribution is 2.37. The highest BCUT2D eigenvalue weighted by atomic mass is 32.2. The van der Waals surface area contributed by atoms with Crippen molar-refractivity contribution in [2.24, 2.45) is 5.92 Å². The van der Waals surface area contributed by atoms with Crippen LogP contribution in [0, 0.1) is 11.7 Å². The molecule has 0 bridgehead atoms. The molecule has 2 fully saturated rings. The second-order valence-electron chi connectivity index (χ2n) is 10.8. The summed E-state index contributed by atoms with van der Waals surface area (Å²) in [5.41, 5.74) is -3.02. The molecule has 0 aliphatic carbocycles. The zero-order chi connectivity index (χ0) is 30.3. The molecule has 0 spiro atoms. The lowest BCUT2D eigenvalue weighted by Crippen LogP contribution is -2.41. The van der Waals surface area contributed by atoms with Crippen molar-refractivity contribution in [2.75, 3.05) is 31.6 Å². The second kappa shape index (κ2) is 11.5. The van der Waals surface area contributed by atoms with Crippen LogP contribution in [0.2, 0.25) is 0 Å². The Morgan fingerprint density at radius 1 is 1.12 bits per heavy atom. The van der Waals surface area contributed by atoms with Gasteiger partial charge in [-0.3, -0.25) is 4.68 Å². The van der Waals surface area contributed by atoms with Crippen LogP contribution in [0.15, 0.2) is 41.7 Å². The average molecular weight is 615 g/mol. The largest absolute Gasteiger partial charge is 0.419 e. The Labute approximate surface area is 239 Å². The van der Waals surface area contributed by atoms with Crippen LogP contribution in [-0.2, 0) is 32.2 Å². The molecular formula is C26H30F4N6O5S. The summed E-state index contributed by atoms with van der Waals surface area (Å²) in [4.78, 5) is 7.40. The van der Waals surface area contributed by atoms with E-state index in [4.69, 9.17) is 9.47 Å². The number of aromatic nitrogens is 4. The number of anilines is 2. The third-order valence-corrected chi connectivity index (χ3v) is 8.80. The molecule has 2 saturated heterocycles. The fourth-order valence-corrected chi connectivity index (χ4v) is 6.38. The van der Waals surface area contributed by atoms with Crippen LogP contribution in [0.3, 0.4) is 0 Å². The van der Waals surface area contributed by atoms with Gasteiger partial charge in [0.05, 0.1) is 47.8 Å². The summed E-state index contributed by atoms with van der Waals surface area (Å²) in [6, 6.07) is 3.22. The molecule has 1 aromatic carbocycles. The standard InChI is InChI=1S/C26H30F4N6O5S/c1-25(2,37)15-35-14-17(12-32-35)22-19(26(28,29)30)13-31-24(34-22)33-21-4-3-18(11-20(21)27)42(38,39)36-7-5-16(6-8-36)23-40-9-10-41-23/h3-4,11-14,16,23,37H,5-10,15H2,1-2H3,(H,31,33,34). The maximum Gasteiger partial charge on any atom is 0.419 e. The SMILES string of the molecule is CC(C)(O)Cn1cc(-c2nc(Nc3ccc(S(=O)(=O)N4CCC(C5OCCO5)CC4)cc3F)ncc2C(F)(F)F)cn1. The van der Waals surface area contributed by atoms with E-state index in [1.54, 1.807) is 0 Å². The number of piperidine rings is 1. The predicted molar refractivity (Wildman–Crippen MR) is 141 cm³/mol. The Morgan fingerprint density at radius 3 is 2.43 bits per heavy atom. The van der Waals surface area contributed by atoms with E-state index in [9.17, 15) is 26.7 Å². The van der Waals surface area contributed by atoms with Crippen molar-refractivity contribution >= 4 is 21.7 Å². The van der Waals surface area contributed by atoms with Gasteiger partial charge in [-0.05, 0) is 44.9 Å². The minimum absolute atomic E-state index is 0.00812. The number of benzene rings is 1. The van der Waals surface area contributed by atoms with Crippen molar-refractivity contribution in [3.05, 3.63) is 48.2 Å². The molecule has 42 heavy (non-hydrogen) atoms. The van der Waals surface area contributed by atoms with Crippen molar-refractivity contribution in [3.63, 3.8) is 0 Å². The number of hydrogen-bond acceptors (Lipinski definition) is 9. The zero-order valence-corrected chi connectivity index (χ0v) is 23.6. The number of ether oxygens (including phenoxy) is 2. The minimum Gasteiger partial charge on any atom is -0.389 e. The minimum atomic E-state index is -4.79. The molecule has 11 nitrogen and oxygen atoms in total. The van der Waals surface area contributed by atoms with E-state index in [-0.39, 0.29) is 53.9 Å². The molecule has 0 atom stereocenters. The second-order valence-corrected chi connectivity index (χ2v) is 12.7. The maximum atomic E-state index is 15.1. The molecule has 2 N–H and O–H groups in total. The van der Waals surface area contributed by atoms with E-state index in [1.165, 1.54) is 41.3 Å². The average Bonchev–Trinajstić information content (AvgIpc) is 3.61. The summed E-state index contributed by atoms with van der Waals surface area (Å²) < 4.78 is 96.3. The number of hydrogen-bond donors (Lipinski definition) is 2. The van der Waals surface area contributed by atoms with E-state index in [0.717, 1.165) is 12.1 Å². The summed E-state index contributed by atoms with van der Waals surface area (Å²) in [5.74, 6) is -1.23. The van der Waals surface area contributed by atoms with Gasteiger partial charge in [-0.15, -0.1) is 0 Å².